The molecule has 0 heterocycles. The summed E-state index contributed by atoms with van der Waals surface area (Å²) in [6.45, 7) is 11.3. The van der Waals surface area contributed by atoms with Crippen molar-refractivity contribution >= 4 is 10.0 Å². The van der Waals surface area contributed by atoms with E-state index in [-0.39, 0.29) is 0 Å². The Kier molecular flexibility index (Phi) is 4.73. The fraction of sp³-hybridized carbons (Fsp3) is 0.286. The maximum atomic E-state index is 12.4. The van der Waals surface area contributed by atoms with E-state index < -0.39 is 10.0 Å². The zero-order chi connectivity index (χ0) is 13.8. The Balaban J connectivity index is 3.12. The molecule has 18 heavy (non-hydrogen) atoms. The zero-order valence-electron chi connectivity index (χ0n) is 10.9. The highest BCUT2D eigenvalue weighted by Gasteiger charge is 2.22. The maximum Gasteiger partial charge on any atom is 0.264 e. The second-order valence-electron chi connectivity index (χ2n) is 4.20. The number of hydrogen-bond donors (Lipinski definition) is 0. The number of hydrogen-bond acceptors (Lipinski definition) is 2. The second kappa shape index (κ2) is 5.87. The first kappa shape index (κ1) is 14.5. The van der Waals surface area contributed by atoms with Gasteiger partial charge in [-0.05, 0) is 32.4 Å². The smallest absolute Gasteiger partial charge is 0.264 e. The quantitative estimate of drug-likeness (QED) is 0.741. The highest BCUT2D eigenvalue weighted by Crippen LogP contribution is 2.20. The van der Waals surface area contributed by atoms with E-state index in [0.717, 1.165) is 5.56 Å². The lowest BCUT2D eigenvalue weighted by Gasteiger charge is -2.23. The SMILES string of the molecule is C=CCCN(C(=C)C)S(=O)(=O)c1ccc(C)cc1. The first-order chi connectivity index (χ1) is 8.39. The zero-order valence-corrected chi connectivity index (χ0v) is 11.7. The predicted molar refractivity (Wildman–Crippen MR) is 74.7 cm³/mol. The van der Waals surface area contributed by atoms with Crippen LogP contribution in [0.15, 0.2) is 54.1 Å². The molecule has 0 radical (unpaired) electrons. The van der Waals surface area contributed by atoms with Crippen molar-refractivity contribution in [1.82, 2.24) is 4.31 Å². The number of rotatable bonds is 6. The van der Waals surface area contributed by atoms with Crippen molar-refractivity contribution in [2.75, 3.05) is 6.54 Å². The maximum absolute atomic E-state index is 12.4. The number of nitrogens with zero attached hydrogens (tertiary/aromatic N) is 1. The van der Waals surface area contributed by atoms with E-state index in [1.807, 2.05) is 6.92 Å². The van der Waals surface area contributed by atoms with Crippen LogP contribution >= 0.6 is 0 Å². The van der Waals surface area contributed by atoms with Crippen molar-refractivity contribution in [3.63, 3.8) is 0 Å². The van der Waals surface area contributed by atoms with E-state index in [1.165, 1.54) is 4.31 Å². The van der Waals surface area contributed by atoms with Crippen molar-refractivity contribution in [3.8, 4) is 0 Å². The number of sulfonamides is 1. The molecule has 4 heteroatoms. The van der Waals surface area contributed by atoms with Gasteiger partial charge in [-0.15, -0.1) is 6.58 Å². The van der Waals surface area contributed by atoms with Crippen molar-refractivity contribution in [1.29, 1.82) is 0 Å². The third-order valence-corrected chi connectivity index (χ3v) is 4.51. The van der Waals surface area contributed by atoms with Gasteiger partial charge in [0.2, 0.25) is 0 Å². The van der Waals surface area contributed by atoms with Crippen LogP contribution in [0.4, 0.5) is 0 Å². The molecule has 0 aliphatic carbocycles. The van der Waals surface area contributed by atoms with Crippen molar-refractivity contribution in [2.45, 2.75) is 25.2 Å². The van der Waals surface area contributed by atoms with Crippen LogP contribution in [-0.2, 0) is 10.0 Å². The molecular weight excluding hydrogens is 246 g/mol. The summed E-state index contributed by atoms with van der Waals surface area (Å²) in [5, 5.41) is 0. The molecule has 3 nitrogen and oxygen atoms in total. The fourth-order valence-electron chi connectivity index (χ4n) is 1.56. The summed E-state index contributed by atoms with van der Waals surface area (Å²) in [7, 11) is -3.50. The summed E-state index contributed by atoms with van der Waals surface area (Å²) < 4.78 is 26.2. The molecule has 0 amide bonds. The number of allylic oxidation sites excluding steroid dienone is 1. The molecule has 1 rings (SSSR count). The van der Waals surface area contributed by atoms with Gasteiger partial charge >= 0.3 is 0 Å². The van der Waals surface area contributed by atoms with Gasteiger partial charge in [0.25, 0.3) is 10.0 Å². The minimum absolute atomic E-state index is 0.292. The van der Waals surface area contributed by atoms with Crippen LogP contribution in [0.25, 0.3) is 0 Å². The molecule has 0 spiro atoms. The molecule has 0 aliphatic rings. The molecule has 0 atom stereocenters. The molecule has 0 aromatic heterocycles. The Bertz CT molecular complexity index is 529. The summed E-state index contributed by atoms with van der Waals surface area (Å²) in [6, 6.07) is 6.82. The van der Waals surface area contributed by atoms with Crippen LogP contribution in [0.1, 0.15) is 18.9 Å². The third-order valence-electron chi connectivity index (χ3n) is 2.57. The van der Waals surface area contributed by atoms with Crippen LogP contribution < -0.4 is 0 Å². The lowest BCUT2D eigenvalue weighted by Crippen LogP contribution is -2.29. The summed E-state index contributed by atoms with van der Waals surface area (Å²) in [4.78, 5) is 0.292. The molecule has 0 unspecified atom stereocenters. The lowest BCUT2D eigenvalue weighted by atomic mass is 10.2. The molecule has 1 aromatic carbocycles. The van der Waals surface area contributed by atoms with Gasteiger partial charge in [0.15, 0.2) is 0 Å². The Morgan fingerprint density at radius 3 is 2.33 bits per heavy atom. The van der Waals surface area contributed by atoms with Gasteiger partial charge < -0.3 is 0 Å². The van der Waals surface area contributed by atoms with Gasteiger partial charge in [-0.2, -0.15) is 0 Å². The second-order valence-corrected chi connectivity index (χ2v) is 6.07. The van der Waals surface area contributed by atoms with Gasteiger partial charge in [0, 0.05) is 12.2 Å². The Labute approximate surface area is 109 Å². The molecular formula is C14H19NO2S. The first-order valence-electron chi connectivity index (χ1n) is 5.75. The van der Waals surface area contributed by atoms with Crippen molar-refractivity contribution in [2.24, 2.45) is 0 Å². The van der Waals surface area contributed by atoms with Crippen LogP contribution in [0.5, 0.6) is 0 Å². The molecule has 0 bridgehead atoms. The molecule has 0 N–H and O–H groups in total. The number of benzene rings is 1. The van der Waals surface area contributed by atoms with E-state index in [4.69, 9.17) is 0 Å². The minimum atomic E-state index is -3.50. The summed E-state index contributed by atoms with van der Waals surface area (Å²) in [5.41, 5.74) is 1.54. The summed E-state index contributed by atoms with van der Waals surface area (Å²) >= 11 is 0. The van der Waals surface area contributed by atoms with E-state index in [9.17, 15) is 8.42 Å². The molecule has 1 aromatic rings. The van der Waals surface area contributed by atoms with Gasteiger partial charge in [0.1, 0.15) is 0 Å². The predicted octanol–water partition coefficient (Wildman–Crippen LogP) is 3.10. The summed E-state index contributed by atoms with van der Waals surface area (Å²) in [5.74, 6) is 0. The van der Waals surface area contributed by atoms with Gasteiger partial charge in [-0.25, -0.2) is 8.42 Å². The number of aryl methyl sites for hydroxylation is 1. The van der Waals surface area contributed by atoms with Crippen LogP contribution in [0.2, 0.25) is 0 Å². The van der Waals surface area contributed by atoms with Gasteiger partial charge in [0.05, 0.1) is 4.90 Å². The van der Waals surface area contributed by atoms with Gasteiger partial charge in [-0.1, -0.05) is 30.4 Å². The Morgan fingerprint density at radius 2 is 1.89 bits per heavy atom. The van der Waals surface area contributed by atoms with Crippen molar-refractivity contribution < 1.29 is 8.42 Å². The van der Waals surface area contributed by atoms with E-state index >= 15 is 0 Å². The third kappa shape index (κ3) is 3.23. The van der Waals surface area contributed by atoms with Gasteiger partial charge in [-0.3, -0.25) is 4.31 Å². The fourth-order valence-corrected chi connectivity index (χ4v) is 3.05. The largest absolute Gasteiger partial charge is 0.271 e. The highest BCUT2D eigenvalue weighted by molar-refractivity contribution is 7.89. The van der Waals surface area contributed by atoms with Crippen LogP contribution in [0, 0.1) is 6.92 Å². The van der Waals surface area contributed by atoms with E-state index in [1.54, 1.807) is 37.3 Å². The molecule has 0 fully saturated rings. The highest BCUT2D eigenvalue weighted by atomic mass is 32.2. The van der Waals surface area contributed by atoms with E-state index in [0.29, 0.717) is 23.6 Å². The average molecular weight is 265 g/mol. The van der Waals surface area contributed by atoms with E-state index in [2.05, 4.69) is 13.2 Å². The molecule has 0 saturated carbocycles. The minimum Gasteiger partial charge on any atom is -0.271 e. The van der Waals surface area contributed by atoms with Crippen molar-refractivity contribution in [3.05, 3.63) is 54.8 Å². The first-order valence-corrected chi connectivity index (χ1v) is 7.19. The standard InChI is InChI=1S/C14H19NO2S/c1-5-6-11-15(12(2)3)18(16,17)14-9-7-13(4)8-10-14/h5,7-10H,1-2,6,11H2,3-4H3. The lowest BCUT2D eigenvalue weighted by molar-refractivity contribution is 0.481. The normalized spacial score (nSPS) is 11.0. The average Bonchev–Trinajstić information content (AvgIpc) is 2.29. The van der Waals surface area contributed by atoms with Crippen LogP contribution in [0.3, 0.4) is 0 Å². The molecule has 98 valence electrons. The summed E-state index contributed by atoms with van der Waals surface area (Å²) in [6.07, 6.45) is 2.29. The Morgan fingerprint density at radius 1 is 1.33 bits per heavy atom. The monoisotopic (exact) mass is 265 g/mol. The van der Waals surface area contributed by atoms with Crippen LogP contribution in [-0.4, -0.2) is 19.3 Å². The molecule has 0 aliphatic heterocycles. The Hall–Kier alpha value is -1.55. The topological polar surface area (TPSA) is 37.4 Å². The molecule has 0 saturated heterocycles.